The van der Waals surface area contributed by atoms with Crippen molar-refractivity contribution >= 4 is 18.8 Å². The fourth-order valence-corrected chi connectivity index (χ4v) is 2.90. The number of benzene rings is 2. The van der Waals surface area contributed by atoms with Crippen molar-refractivity contribution < 1.29 is 0 Å². The lowest BCUT2D eigenvalue weighted by Gasteiger charge is -2.31. The van der Waals surface area contributed by atoms with Gasteiger partial charge in [-0.1, -0.05) is 76.3 Å². The summed E-state index contributed by atoms with van der Waals surface area (Å²) >= 11 is 0. The van der Waals surface area contributed by atoms with Gasteiger partial charge in [0, 0.05) is 6.42 Å². The van der Waals surface area contributed by atoms with Crippen LogP contribution in [0, 0.1) is 11.5 Å². The normalized spacial score (nSPS) is 12.1. The summed E-state index contributed by atoms with van der Waals surface area (Å²) in [6, 6.07) is 15.0. The summed E-state index contributed by atoms with van der Waals surface area (Å²) in [4.78, 5) is 0. The van der Waals surface area contributed by atoms with E-state index in [4.69, 9.17) is 0 Å². The van der Waals surface area contributed by atoms with Crippen molar-refractivity contribution in [1.82, 2.24) is 0 Å². The first kappa shape index (κ1) is 14.9. The lowest BCUT2D eigenvalue weighted by atomic mass is 10.0. The van der Waals surface area contributed by atoms with Crippen LogP contribution in [-0.2, 0) is 6.42 Å². The van der Waals surface area contributed by atoms with Gasteiger partial charge in [-0.15, -0.1) is 11.5 Å². The first-order valence-electron chi connectivity index (χ1n) is 7.28. The predicted octanol–water partition coefficient (Wildman–Crippen LogP) is 5.43. The van der Waals surface area contributed by atoms with Crippen LogP contribution in [0.3, 0.4) is 0 Å². The molecule has 0 unspecified atom stereocenters. The second-order valence-electron chi connectivity index (χ2n) is 6.99. The van der Waals surface area contributed by atoms with E-state index in [1.165, 1.54) is 16.3 Å². The Balaban J connectivity index is 2.27. The maximum Gasteiger partial charge on any atom is 0.137 e. The maximum absolute atomic E-state index is 3.60. The van der Waals surface area contributed by atoms with Crippen LogP contribution in [-0.4, -0.2) is 8.07 Å². The average Bonchev–Trinajstić information content (AvgIpc) is 2.37. The van der Waals surface area contributed by atoms with Crippen LogP contribution in [0.5, 0.6) is 0 Å². The highest BCUT2D eigenvalue weighted by Gasteiger charge is 2.33. The second kappa shape index (κ2) is 5.46. The number of rotatable bonds is 1. The monoisotopic (exact) mass is 280 g/mol. The Morgan fingerprint density at radius 1 is 0.950 bits per heavy atom. The molecule has 0 aliphatic heterocycles. The third kappa shape index (κ3) is 3.14. The summed E-state index contributed by atoms with van der Waals surface area (Å²) < 4.78 is 0. The molecule has 0 aromatic heterocycles. The minimum atomic E-state index is -1.49. The van der Waals surface area contributed by atoms with Crippen LogP contribution in [0.25, 0.3) is 10.8 Å². The van der Waals surface area contributed by atoms with E-state index >= 15 is 0 Å². The summed E-state index contributed by atoms with van der Waals surface area (Å²) in [6.07, 6.45) is 0.855. The van der Waals surface area contributed by atoms with E-state index < -0.39 is 8.07 Å². The van der Waals surface area contributed by atoms with Crippen LogP contribution < -0.4 is 0 Å². The van der Waals surface area contributed by atoms with E-state index in [-0.39, 0.29) is 0 Å². The highest BCUT2D eigenvalue weighted by atomic mass is 28.3. The maximum atomic E-state index is 3.60. The van der Waals surface area contributed by atoms with Crippen LogP contribution in [0.4, 0.5) is 0 Å². The van der Waals surface area contributed by atoms with Crippen LogP contribution >= 0.6 is 0 Å². The first-order valence-corrected chi connectivity index (χ1v) is 10.3. The molecule has 0 nitrogen and oxygen atoms in total. The van der Waals surface area contributed by atoms with E-state index in [9.17, 15) is 0 Å². The van der Waals surface area contributed by atoms with E-state index in [2.05, 4.69) is 87.8 Å². The van der Waals surface area contributed by atoms with Gasteiger partial charge in [0.1, 0.15) is 8.07 Å². The molecule has 0 amide bonds. The molecule has 2 aromatic carbocycles. The lowest BCUT2D eigenvalue weighted by molar-refractivity contribution is 0.731. The quantitative estimate of drug-likeness (QED) is 0.482. The molecule has 2 rings (SSSR count). The Hall–Kier alpha value is -1.52. The molecule has 0 N–H and O–H groups in total. The zero-order valence-electron chi connectivity index (χ0n) is 13.2. The van der Waals surface area contributed by atoms with Gasteiger partial charge in [0.05, 0.1) is 0 Å². The summed E-state index contributed by atoms with van der Waals surface area (Å²) in [7, 11) is -1.49. The Bertz CT molecular complexity index is 658. The van der Waals surface area contributed by atoms with Crippen molar-refractivity contribution in [3.63, 3.8) is 0 Å². The van der Waals surface area contributed by atoms with Crippen molar-refractivity contribution in [2.45, 2.75) is 45.3 Å². The zero-order chi connectivity index (χ0) is 14.8. The topological polar surface area (TPSA) is 0 Å². The van der Waals surface area contributed by atoms with Gasteiger partial charge in [0.15, 0.2) is 0 Å². The molecule has 0 atom stereocenters. The largest absolute Gasteiger partial charge is 0.137 e. The number of fused-ring (bicyclic) bond motifs is 1. The van der Waals surface area contributed by atoms with E-state index in [0.29, 0.717) is 5.04 Å². The van der Waals surface area contributed by atoms with Gasteiger partial charge in [0.2, 0.25) is 0 Å². The van der Waals surface area contributed by atoms with E-state index in [1.807, 2.05) is 0 Å². The molecule has 0 aliphatic carbocycles. The van der Waals surface area contributed by atoms with E-state index in [0.717, 1.165) is 6.42 Å². The van der Waals surface area contributed by atoms with Crippen molar-refractivity contribution in [1.29, 1.82) is 0 Å². The minimum Gasteiger partial charge on any atom is -0.131 e. The Kier molecular flexibility index (Phi) is 4.06. The third-order valence-electron chi connectivity index (χ3n) is 4.43. The van der Waals surface area contributed by atoms with Crippen LogP contribution in [0.2, 0.25) is 18.1 Å². The molecule has 0 bridgehead atoms. The number of hydrogen-bond donors (Lipinski definition) is 0. The third-order valence-corrected chi connectivity index (χ3v) is 8.99. The zero-order valence-corrected chi connectivity index (χ0v) is 14.2. The first-order chi connectivity index (χ1) is 9.31. The van der Waals surface area contributed by atoms with Crippen LogP contribution in [0.15, 0.2) is 42.5 Å². The molecule has 0 spiro atoms. The molecule has 0 radical (unpaired) electrons. The number of hydrogen-bond acceptors (Lipinski definition) is 0. The highest BCUT2D eigenvalue weighted by Crippen LogP contribution is 2.35. The van der Waals surface area contributed by atoms with Crippen molar-refractivity contribution in [2.75, 3.05) is 0 Å². The molecule has 0 aliphatic rings. The Morgan fingerprint density at radius 2 is 1.60 bits per heavy atom. The molecule has 20 heavy (non-hydrogen) atoms. The minimum absolute atomic E-state index is 0.332. The molecule has 0 fully saturated rings. The highest BCUT2D eigenvalue weighted by molar-refractivity contribution is 6.87. The molecule has 0 heterocycles. The molecular weight excluding hydrogens is 256 g/mol. The van der Waals surface area contributed by atoms with E-state index in [1.54, 1.807) is 0 Å². The summed E-state index contributed by atoms with van der Waals surface area (Å²) in [5, 5.41) is 2.97. The summed E-state index contributed by atoms with van der Waals surface area (Å²) in [6.45, 7) is 11.7. The SMILES string of the molecule is CC(C)(C)[Si](C)(C)C#CCc1cccc2ccccc12. The standard InChI is InChI=1S/C19H24Si/c1-19(2,3)20(4,5)15-9-13-17-12-8-11-16-10-6-7-14-18(16)17/h6-8,10-12,14H,13H2,1-5H3. The van der Waals surface area contributed by atoms with Gasteiger partial charge in [-0.25, -0.2) is 0 Å². The molecule has 2 aromatic rings. The summed E-state index contributed by atoms with van der Waals surface area (Å²) in [5.74, 6) is 3.45. The second-order valence-corrected chi connectivity index (χ2v) is 12.0. The smallest absolute Gasteiger partial charge is 0.131 e. The van der Waals surface area contributed by atoms with Crippen LogP contribution in [0.1, 0.15) is 26.3 Å². The lowest BCUT2D eigenvalue weighted by Crippen LogP contribution is -2.35. The fourth-order valence-electron chi connectivity index (χ4n) is 1.99. The van der Waals surface area contributed by atoms with Gasteiger partial charge < -0.3 is 0 Å². The van der Waals surface area contributed by atoms with Gasteiger partial charge in [-0.3, -0.25) is 0 Å². The molecule has 1 heteroatoms. The average molecular weight is 280 g/mol. The Labute approximate surface area is 124 Å². The molecular formula is C19H24Si. The molecule has 104 valence electrons. The summed E-state index contributed by atoms with van der Waals surface area (Å²) in [5.41, 5.74) is 4.94. The molecule has 0 saturated heterocycles. The van der Waals surface area contributed by atoms with Gasteiger partial charge in [-0.05, 0) is 21.4 Å². The fraction of sp³-hybridized carbons (Fsp3) is 0.368. The van der Waals surface area contributed by atoms with Gasteiger partial charge in [-0.2, -0.15) is 0 Å². The molecule has 0 saturated carbocycles. The van der Waals surface area contributed by atoms with Crippen molar-refractivity contribution in [3.05, 3.63) is 48.0 Å². The van der Waals surface area contributed by atoms with Crippen molar-refractivity contribution in [3.8, 4) is 11.5 Å². The predicted molar refractivity (Wildman–Crippen MR) is 92.6 cm³/mol. The Morgan fingerprint density at radius 3 is 2.30 bits per heavy atom. The van der Waals surface area contributed by atoms with Gasteiger partial charge in [0.25, 0.3) is 0 Å². The van der Waals surface area contributed by atoms with Crippen molar-refractivity contribution in [2.24, 2.45) is 0 Å². The van der Waals surface area contributed by atoms with Gasteiger partial charge >= 0.3 is 0 Å².